The lowest BCUT2D eigenvalue weighted by molar-refractivity contribution is -0.0543. The van der Waals surface area contributed by atoms with E-state index in [0.717, 1.165) is 30.3 Å². The summed E-state index contributed by atoms with van der Waals surface area (Å²) >= 11 is 5.72. The van der Waals surface area contributed by atoms with E-state index in [1.807, 2.05) is 0 Å². The molecule has 3 nitrogen and oxygen atoms in total. The average Bonchev–Trinajstić information content (AvgIpc) is 2.90. The van der Waals surface area contributed by atoms with Gasteiger partial charge in [-0.25, -0.2) is 0 Å². The lowest BCUT2D eigenvalue weighted by atomic mass is 10.1. The molecule has 152 valence electrons. The van der Waals surface area contributed by atoms with Crippen molar-refractivity contribution in [1.82, 2.24) is 0 Å². The fourth-order valence-electron chi connectivity index (χ4n) is 2.60. The first-order valence-electron chi connectivity index (χ1n) is 7.28. The highest BCUT2D eigenvalue weighted by molar-refractivity contribution is 8.41. The minimum Gasteiger partial charge on any atom is -0.196 e. The topological polar surface area (TPSA) is 43.4 Å². The van der Waals surface area contributed by atoms with E-state index in [2.05, 4.69) is 3.63 Å². The Labute approximate surface area is 162 Å². The van der Waals surface area contributed by atoms with Crippen molar-refractivity contribution in [2.75, 3.05) is 0 Å². The predicted octanol–water partition coefficient (Wildman–Crippen LogP) is 6.32. The fraction of sp³-hybridized carbons (Fsp3) is 0.125. The number of hydrogen-bond donors (Lipinski definition) is 0. The lowest BCUT2D eigenvalue weighted by Gasteiger charge is -2.39. The summed E-state index contributed by atoms with van der Waals surface area (Å²) in [5.74, 6) is 0. The molecular weight excluding hydrogens is 454 g/mol. The van der Waals surface area contributed by atoms with Gasteiger partial charge in [-0.15, -0.1) is 0 Å². The summed E-state index contributed by atoms with van der Waals surface area (Å²) in [6.07, 6.45) is 0.979. The van der Waals surface area contributed by atoms with Crippen LogP contribution in [0, 0.1) is 0 Å². The molecule has 0 fully saturated rings. The number of halogens is 7. The van der Waals surface area contributed by atoms with Gasteiger partial charge < -0.3 is 0 Å². The summed E-state index contributed by atoms with van der Waals surface area (Å²) in [6.45, 7) is 0. The van der Waals surface area contributed by atoms with Crippen LogP contribution in [0.1, 0.15) is 11.1 Å². The fourth-order valence-corrected chi connectivity index (χ4v) is 7.23. The van der Waals surface area contributed by atoms with Gasteiger partial charge in [-0.2, -0.15) is 38.4 Å². The Balaban J connectivity index is 2.33. The standard InChI is InChI=1S/C16H9ClF6O3S2/c17-12-7-5-10(6-8-12)14-9-11-3-1-2-4-13(11)27(14,15(18,19)20)26-28(24,25)16(21,22)23/h1-9H. The Kier molecular flexibility index (Phi) is 5.02. The maximum Gasteiger partial charge on any atom is 0.523 e. The highest BCUT2D eigenvalue weighted by atomic mass is 35.5. The molecule has 3 rings (SSSR count). The second-order valence-electron chi connectivity index (χ2n) is 5.52. The molecule has 0 spiro atoms. The summed E-state index contributed by atoms with van der Waals surface area (Å²) in [4.78, 5) is -1.40. The quantitative estimate of drug-likeness (QED) is 0.396. The zero-order chi connectivity index (χ0) is 21.0. The molecule has 28 heavy (non-hydrogen) atoms. The van der Waals surface area contributed by atoms with E-state index in [1.54, 1.807) is 0 Å². The van der Waals surface area contributed by atoms with Gasteiger partial charge in [-0.3, -0.25) is 0 Å². The van der Waals surface area contributed by atoms with Gasteiger partial charge in [0, 0.05) is 25.1 Å². The van der Waals surface area contributed by atoms with Gasteiger partial charge >= 0.3 is 21.1 Å². The monoisotopic (exact) mass is 462 g/mol. The molecule has 1 heterocycles. The molecule has 2 aromatic rings. The first kappa shape index (κ1) is 21.0. The van der Waals surface area contributed by atoms with Crippen molar-refractivity contribution in [3.05, 3.63) is 64.7 Å². The molecule has 2 aromatic carbocycles. The van der Waals surface area contributed by atoms with Crippen LogP contribution < -0.4 is 0 Å². The van der Waals surface area contributed by atoms with Crippen molar-refractivity contribution in [3.63, 3.8) is 0 Å². The Bertz CT molecular complexity index is 1050. The van der Waals surface area contributed by atoms with E-state index >= 15 is 0 Å². The Morgan fingerprint density at radius 1 is 0.893 bits per heavy atom. The van der Waals surface area contributed by atoms with Crippen molar-refractivity contribution in [3.8, 4) is 0 Å². The van der Waals surface area contributed by atoms with Crippen LogP contribution in [0.2, 0.25) is 5.02 Å². The summed E-state index contributed by atoms with van der Waals surface area (Å²) in [5, 5.41) is 0.177. The molecule has 0 aromatic heterocycles. The number of benzene rings is 2. The molecule has 0 saturated carbocycles. The van der Waals surface area contributed by atoms with E-state index < -0.39 is 41.2 Å². The first-order valence-corrected chi connectivity index (χ1v) is 10.6. The number of fused-ring (bicyclic) bond motifs is 1. The maximum absolute atomic E-state index is 14.2. The molecule has 0 amide bonds. The summed E-state index contributed by atoms with van der Waals surface area (Å²) in [6, 6.07) is 9.44. The number of hydrogen-bond acceptors (Lipinski definition) is 3. The minimum atomic E-state index is -6.56. The Morgan fingerprint density at radius 2 is 1.46 bits per heavy atom. The van der Waals surface area contributed by atoms with Crippen LogP contribution in [0.5, 0.6) is 0 Å². The van der Waals surface area contributed by atoms with Crippen LogP contribution in [0.3, 0.4) is 0 Å². The van der Waals surface area contributed by atoms with Gasteiger partial charge in [-0.05, 0) is 35.4 Å². The molecule has 12 heteroatoms. The van der Waals surface area contributed by atoms with Crippen LogP contribution in [-0.2, 0) is 13.7 Å². The van der Waals surface area contributed by atoms with Gasteiger partial charge in [0.05, 0.1) is 0 Å². The Hall–Kier alpha value is -1.69. The van der Waals surface area contributed by atoms with E-state index in [9.17, 15) is 34.8 Å². The highest BCUT2D eigenvalue weighted by Gasteiger charge is 2.64. The van der Waals surface area contributed by atoms with E-state index in [0.29, 0.717) is 0 Å². The van der Waals surface area contributed by atoms with Crippen LogP contribution in [0.4, 0.5) is 26.3 Å². The molecule has 0 bridgehead atoms. The molecule has 1 atom stereocenters. The zero-order valence-electron chi connectivity index (χ0n) is 13.4. The maximum atomic E-state index is 14.2. The van der Waals surface area contributed by atoms with Gasteiger partial charge in [-0.1, -0.05) is 41.9 Å². The molecule has 1 aliphatic heterocycles. The third kappa shape index (κ3) is 3.30. The zero-order valence-corrected chi connectivity index (χ0v) is 15.8. The molecule has 0 aliphatic carbocycles. The molecule has 1 aliphatic rings. The van der Waals surface area contributed by atoms with Crippen molar-refractivity contribution in [2.24, 2.45) is 0 Å². The van der Waals surface area contributed by atoms with Crippen LogP contribution >= 0.6 is 21.9 Å². The summed E-state index contributed by atoms with van der Waals surface area (Å²) in [7, 11) is -11.6. The molecular formula is C16H9ClF6O3S2. The van der Waals surface area contributed by atoms with E-state index in [-0.39, 0.29) is 16.1 Å². The van der Waals surface area contributed by atoms with Crippen molar-refractivity contribution < 1.29 is 38.4 Å². The second-order valence-corrected chi connectivity index (χ2v) is 10.3. The first-order chi connectivity index (χ1) is 12.8. The number of alkyl halides is 6. The Morgan fingerprint density at radius 3 is 2.00 bits per heavy atom. The summed E-state index contributed by atoms with van der Waals surface area (Å²) in [5.41, 5.74) is -11.7. The minimum absolute atomic E-state index is 0.0860. The van der Waals surface area contributed by atoms with Crippen LogP contribution in [0.25, 0.3) is 11.0 Å². The van der Waals surface area contributed by atoms with Gasteiger partial charge in [0.15, 0.2) is 0 Å². The molecule has 0 saturated heterocycles. The normalized spacial score (nSPS) is 22.3. The predicted molar refractivity (Wildman–Crippen MR) is 93.7 cm³/mol. The van der Waals surface area contributed by atoms with Crippen molar-refractivity contribution in [2.45, 2.75) is 15.9 Å². The third-order valence-electron chi connectivity index (χ3n) is 3.75. The van der Waals surface area contributed by atoms with Crippen molar-refractivity contribution in [1.29, 1.82) is 0 Å². The largest absolute Gasteiger partial charge is 0.523 e. The van der Waals surface area contributed by atoms with Crippen LogP contribution in [-0.4, -0.2) is 19.4 Å². The molecule has 0 N–H and O–H groups in total. The van der Waals surface area contributed by atoms with E-state index in [1.165, 1.54) is 24.3 Å². The van der Waals surface area contributed by atoms with Crippen LogP contribution in [0.15, 0.2) is 53.4 Å². The number of rotatable bonds is 3. The highest BCUT2D eigenvalue weighted by Crippen LogP contribution is 2.80. The second kappa shape index (κ2) is 6.68. The molecule has 1 unspecified atom stereocenters. The smallest absolute Gasteiger partial charge is 0.196 e. The lowest BCUT2D eigenvalue weighted by Crippen LogP contribution is -2.32. The van der Waals surface area contributed by atoms with E-state index in [4.69, 9.17) is 11.6 Å². The average molecular weight is 463 g/mol. The molecule has 0 radical (unpaired) electrons. The van der Waals surface area contributed by atoms with Gasteiger partial charge in [0.1, 0.15) is 0 Å². The van der Waals surface area contributed by atoms with Gasteiger partial charge in [0.25, 0.3) is 0 Å². The van der Waals surface area contributed by atoms with Gasteiger partial charge in [0.2, 0.25) is 0 Å². The van der Waals surface area contributed by atoms with Crippen molar-refractivity contribution >= 4 is 43.0 Å². The summed E-state index contributed by atoms with van der Waals surface area (Å²) < 4.78 is 109. The SMILES string of the molecule is O=S(=O)(OS1(C(F)(F)F)C(c2ccc(Cl)cc2)=Cc2ccccc21)C(F)(F)F. The third-order valence-corrected chi connectivity index (χ3v) is 8.72.